The van der Waals surface area contributed by atoms with E-state index in [-0.39, 0.29) is 5.75 Å². The molecule has 3 aliphatic heterocycles. The molecule has 170 valence electrons. The lowest BCUT2D eigenvalue weighted by Gasteiger charge is -2.28. The molecule has 0 amide bonds. The zero-order valence-electron chi connectivity index (χ0n) is 18.3. The zero-order chi connectivity index (χ0) is 21.9. The van der Waals surface area contributed by atoms with E-state index in [1.165, 1.54) is 0 Å². The van der Waals surface area contributed by atoms with Gasteiger partial charge >= 0.3 is 0 Å². The molecule has 3 aliphatic rings. The first-order chi connectivity index (χ1) is 15.7. The second-order valence-electron chi connectivity index (χ2n) is 8.60. The van der Waals surface area contributed by atoms with Crippen LogP contribution in [0, 0.1) is 0 Å². The highest BCUT2D eigenvalue weighted by Gasteiger charge is 2.20. The quantitative estimate of drug-likeness (QED) is 0.744. The zero-order valence-corrected chi connectivity index (χ0v) is 18.3. The number of nitrogens with zero attached hydrogens (tertiary/aromatic N) is 2. The normalized spacial score (nSPS) is 19.8. The van der Waals surface area contributed by atoms with E-state index in [4.69, 9.17) is 14.2 Å². The highest BCUT2D eigenvalue weighted by atomic mass is 16.5. The average molecular weight is 439 g/mol. The monoisotopic (exact) mass is 438 g/mol. The summed E-state index contributed by atoms with van der Waals surface area (Å²) in [5, 5.41) is 20.9. The van der Waals surface area contributed by atoms with Crippen molar-refractivity contribution in [2.75, 3.05) is 59.2 Å². The van der Waals surface area contributed by atoms with Crippen LogP contribution in [0.4, 0.5) is 0 Å². The number of phenolic OH excluding ortho intramolecular Hbond substituents is 2. The maximum Gasteiger partial charge on any atom is 0.130 e. The van der Waals surface area contributed by atoms with Crippen molar-refractivity contribution in [3.63, 3.8) is 0 Å². The molecule has 0 bridgehead atoms. The van der Waals surface area contributed by atoms with Crippen LogP contribution in [-0.2, 0) is 22.6 Å². The molecule has 7 nitrogen and oxygen atoms in total. The Bertz CT molecular complexity index is 994. The Hall–Kier alpha value is -2.58. The minimum Gasteiger partial charge on any atom is -0.508 e. The third-order valence-electron chi connectivity index (χ3n) is 6.37. The van der Waals surface area contributed by atoms with Crippen molar-refractivity contribution in [3.05, 3.63) is 52.6 Å². The van der Waals surface area contributed by atoms with Crippen LogP contribution >= 0.6 is 0 Å². The molecule has 3 heterocycles. The van der Waals surface area contributed by atoms with Crippen LogP contribution in [0.5, 0.6) is 17.2 Å². The lowest BCUT2D eigenvalue weighted by Crippen LogP contribution is -2.35. The number of hydrogen-bond acceptors (Lipinski definition) is 7. The van der Waals surface area contributed by atoms with Crippen molar-refractivity contribution >= 4 is 11.6 Å². The number of aromatic hydroxyl groups is 2. The molecule has 0 spiro atoms. The SMILES string of the molecule is Oc1ccc(C2=Cc3cc(CN4CCOCC4)c(O)cc3OC2)cc1CN1CCOCC1. The molecule has 0 saturated carbocycles. The fourth-order valence-corrected chi connectivity index (χ4v) is 4.46. The number of morpholine rings is 2. The molecule has 0 aliphatic carbocycles. The van der Waals surface area contributed by atoms with Gasteiger partial charge in [0.05, 0.1) is 26.4 Å². The molecule has 2 N–H and O–H groups in total. The van der Waals surface area contributed by atoms with Gasteiger partial charge in [-0.05, 0) is 35.4 Å². The molecule has 0 radical (unpaired) electrons. The molecule has 32 heavy (non-hydrogen) atoms. The molecular formula is C25H30N2O5. The molecule has 5 rings (SSSR count). The molecule has 2 saturated heterocycles. The lowest BCUT2D eigenvalue weighted by atomic mass is 9.97. The molecule has 0 unspecified atom stereocenters. The van der Waals surface area contributed by atoms with Gasteiger partial charge in [-0.2, -0.15) is 0 Å². The maximum absolute atomic E-state index is 10.5. The van der Waals surface area contributed by atoms with Gasteiger partial charge in [-0.25, -0.2) is 0 Å². The number of fused-ring (bicyclic) bond motifs is 1. The average Bonchev–Trinajstić information content (AvgIpc) is 2.82. The number of ether oxygens (including phenoxy) is 3. The Morgan fingerprint density at radius 2 is 1.38 bits per heavy atom. The summed E-state index contributed by atoms with van der Waals surface area (Å²) in [7, 11) is 0. The van der Waals surface area contributed by atoms with Crippen LogP contribution < -0.4 is 4.74 Å². The third kappa shape index (κ3) is 4.76. The van der Waals surface area contributed by atoms with Gasteiger partial charge in [-0.15, -0.1) is 0 Å². The van der Waals surface area contributed by atoms with Gasteiger partial charge in [0.2, 0.25) is 0 Å². The van der Waals surface area contributed by atoms with Crippen molar-refractivity contribution in [2.45, 2.75) is 13.1 Å². The van der Waals surface area contributed by atoms with Gasteiger partial charge in [0.15, 0.2) is 0 Å². The Kier molecular flexibility index (Phi) is 6.32. The number of rotatable bonds is 5. The van der Waals surface area contributed by atoms with Crippen LogP contribution in [0.25, 0.3) is 11.6 Å². The Labute approximate surface area is 188 Å². The van der Waals surface area contributed by atoms with E-state index in [0.29, 0.717) is 31.2 Å². The number of phenols is 2. The second kappa shape index (κ2) is 9.50. The predicted molar refractivity (Wildman–Crippen MR) is 122 cm³/mol. The van der Waals surface area contributed by atoms with Crippen LogP contribution in [0.1, 0.15) is 22.3 Å². The largest absolute Gasteiger partial charge is 0.508 e. The van der Waals surface area contributed by atoms with Gasteiger partial charge in [0.25, 0.3) is 0 Å². The molecular weight excluding hydrogens is 408 g/mol. The Balaban J connectivity index is 1.38. The summed E-state index contributed by atoms with van der Waals surface area (Å²) in [6.45, 7) is 8.22. The van der Waals surface area contributed by atoms with Crippen molar-refractivity contribution in [3.8, 4) is 17.2 Å². The van der Waals surface area contributed by atoms with Crippen molar-refractivity contribution in [1.29, 1.82) is 0 Å². The summed E-state index contributed by atoms with van der Waals surface area (Å²) in [6.07, 6.45) is 2.13. The van der Waals surface area contributed by atoms with Crippen molar-refractivity contribution in [2.24, 2.45) is 0 Å². The van der Waals surface area contributed by atoms with Gasteiger partial charge < -0.3 is 24.4 Å². The highest BCUT2D eigenvalue weighted by molar-refractivity contribution is 5.86. The third-order valence-corrected chi connectivity index (χ3v) is 6.37. The molecule has 2 aromatic carbocycles. The molecule has 2 aromatic rings. The first-order valence-corrected chi connectivity index (χ1v) is 11.3. The van der Waals surface area contributed by atoms with Gasteiger partial charge in [-0.3, -0.25) is 9.80 Å². The smallest absolute Gasteiger partial charge is 0.130 e. The first-order valence-electron chi connectivity index (χ1n) is 11.3. The van der Waals surface area contributed by atoms with Crippen molar-refractivity contribution < 1.29 is 24.4 Å². The summed E-state index contributed by atoms with van der Waals surface area (Å²) >= 11 is 0. The van der Waals surface area contributed by atoms with E-state index in [9.17, 15) is 10.2 Å². The second-order valence-corrected chi connectivity index (χ2v) is 8.60. The van der Waals surface area contributed by atoms with Crippen molar-refractivity contribution in [1.82, 2.24) is 9.80 Å². The van der Waals surface area contributed by atoms with Gasteiger partial charge in [0, 0.05) is 62.0 Å². The fraction of sp³-hybridized carbons (Fsp3) is 0.440. The topological polar surface area (TPSA) is 74.6 Å². The molecule has 7 heteroatoms. The maximum atomic E-state index is 10.5. The standard InChI is InChI=1S/C25H30N2O5/c28-23-2-1-18(11-20(23)15-26-3-7-30-8-4-26)22-13-19-12-21(16-27-5-9-31-10-6-27)24(29)14-25(19)32-17-22/h1-2,11-14,28-29H,3-10,15-17H2. The van der Waals surface area contributed by atoms with Crippen LogP contribution in [-0.4, -0.2) is 79.2 Å². The van der Waals surface area contributed by atoms with E-state index >= 15 is 0 Å². The minimum absolute atomic E-state index is 0.268. The van der Waals surface area contributed by atoms with E-state index in [1.807, 2.05) is 12.1 Å². The summed E-state index contributed by atoms with van der Waals surface area (Å²) < 4.78 is 16.8. The molecule has 2 fully saturated rings. The highest BCUT2D eigenvalue weighted by Crippen LogP contribution is 2.36. The molecule has 0 aromatic heterocycles. The Morgan fingerprint density at radius 1 is 0.750 bits per heavy atom. The minimum atomic E-state index is 0.268. The predicted octanol–water partition coefficient (Wildman–Crippen LogP) is 2.70. The first kappa shape index (κ1) is 21.3. The lowest BCUT2D eigenvalue weighted by molar-refractivity contribution is 0.0338. The number of benzene rings is 2. The van der Waals surface area contributed by atoms with Crippen LogP contribution in [0.15, 0.2) is 30.3 Å². The number of hydrogen-bond donors (Lipinski definition) is 2. The summed E-state index contributed by atoms with van der Waals surface area (Å²) in [4.78, 5) is 4.58. The summed E-state index contributed by atoms with van der Waals surface area (Å²) in [5.41, 5.74) is 4.87. The van der Waals surface area contributed by atoms with Gasteiger partial charge in [-0.1, -0.05) is 6.07 Å². The Morgan fingerprint density at radius 3 is 2.03 bits per heavy atom. The van der Waals surface area contributed by atoms with E-state index in [1.54, 1.807) is 12.1 Å². The van der Waals surface area contributed by atoms with E-state index in [0.717, 1.165) is 80.4 Å². The summed E-state index contributed by atoms with van der Waals surface area (Å²) in [6, 6.07) is 9.50. The van der Waals surface area contributed by atoms with Crippen LogP contribution in [0.3, 0.4) is 0 Å². The molecule has 0 atom stereocenters. The van der Waals surface area contributed by atoms with E-state index < -0.39 is 0 Å². The summed E-state index contributed by atoms with van der Waals surface area (Å²) in [5.74, 6) is 1.28. The van der Waals surface area contributed by atoms with Gasteiger partial charge in [0.1, 0.15) is 23.9 Å². The van der Waals surface area contributed by atoms with E-state index in [2.05, 4.69) is 21.9 Å². The fourth-order valence-electron chi connectivity index (χ4n) is 4.46. The van der Waals surface area contributed by atoms with Crippen LogP contribution in [0.2, 0.25) is 0 Å².